The van der Waals surface area contributed by atoms with Gasteiger partial charge in [0.1, 0.15) is 11.8 Å². The van der Waals surface area contributed by atoms with E-state index >= 15 is 0 Å². The number of carbonyl (C=O) groups is 2. The van der Waals surface area contributed by atoms with Gasteiger partial charge in [0.05, 0.1) is 18.2 Å². The van der Waals surface area contributed by atoms with Crippen molar-refractivity contribution in [2.45, 2.75) is 23.2 Å². The second-order valence-corrected chi connectivity index (χ2v) is 6.95. The Labute approximate surface area is 132 Å². The average Bonchev–Trinajstić information content (AvgIpc) is 2.87. The van der Waals surface area contributed by atoms with Gasteiger partial charge >= 0.3 is 5.97 Å². The molecule has 2 atom stereocenters. The molecule has 1 amide bonds. The smallest absolute Gasteiger partial charge is 0.327 e. The normalized spacial score (nSPS) is 21.3. The van der Waals surface area contributed by atoms with Crippen LogP contribution in [0.3, 0.4) is 0 Å². The van der Waals surface area contributed by atoms with Crippen LogP contribution in [-0.4, -0.2) is 51.9 Å². The molecule has 0 spiro atoms. The first-order chi connectivity index (χ1) is 10.0. The van der Waals surface area contributed by atoms with Gasteiger partial charge < -0.3 is 14.7 Å². The number of carboxylic acids is 1. The van der Waals surface area contributed by atoms with Crippen LogP contribution in [0.1, 0.15) is 6.92 Å². The second kappa shape index (κ2) is 7.09. The van der Waals surface area contributed by atoms with Crippen LogP contribution in [0.2, 0.25) is 0 Å². The van der Waals surface area contributed by atoms with Crippen molar-refractivity contribution in [3.63, 3.8) is 0 Å². The predicted octanol–water partition coefficient (Wildman–Crippen LogP) is 2.16. The molecule has 5 nitrogen and oxygen atoms in total. The van der Waals surface area contributed by atoms with E-state index in [-0.39, 0.29) is 17.0 Å². The van der Waals surface area contributed by atoms with Crippen molar-refractivity contribution in [1.29, 1.82) is 0 Å². The number of carboxylic acid groups (broad SMARTS) is 1. The predicted molar refractivity (Wildman–Crippen MR) is 83.9 cm³/mol. The molecule has 0 bridgehead atoms. The molecule has 2 unspecified atom stereocenters. The fourth-order valence-electron chi connectivity index (χ4n) is 2.10. The van der Waals surface area contributed by atoms with Crippen LogP contribution in [-0.2, 0) is 9.59 Å². The van der Waals surface area contributed by atoms with Gasteiger partial charge in [0, 0.05) is 10.6 Å². The van der Waals surface area contributed by atoms with E-state index in [4.69, 9.17) is 9.84 Å². The van der Waals surface area contributed by atoms with E-state index < -0.39 is 12.0 Å². The molecule has 0 saturated carbocycles. The maximum atomic E-state index is 12.3. The standard InChI is InChI=1S/C14H17NO4S2/c1-9-15(12(7-20-9)14(17)18)13(16)8-21-11-5-3-10(19-2)4-6-11/h3-6,9,12H,7-8H2,1-2H3,(H,17,18). The molecule has 0 radical (unpaired) electrons. The average molecular weight is 327 g/mol. The number of ether oxygens (including phenoxy) is 1. The zero-order valence-electron chi connectivity index (χ0n) is 11.8. The molecule has 21 heavy (non-hydrogen) atoms. The monoisotopic (exact) mass is 327 g/mol. The molecule has 1 aromatic carbocycles. The third kappa shape index (κ3) is 3.85. The first kappa shape index (κ1) is 16.0. The summed E-state index contributed by atoms with van der Waals surface area (Å²) in [5, 5.41) is 9.08. The van der Waals surface area contributed by atoms with Crippen LogP contribution in [0.15, 0.2) is 29.2 Å². The van der Waals surface area contributed by atoms with Crippen molar-refractivity contribution in [3.8, 4) is 5.75 Å². The Morgan fingerprint density at radius 1 is 1.43 bits per heavy atom. The number of thioether (sulfide) groups is 2. The number of benzene rings is 1. The molecule has 1 aromatic rings. The third-order valence-corrected chi connectivity index (χ3v) is 5.43. The lowest BCUT2D eigenvalue weighted by Gasteiger charge is -2.24. The minimum Gasteiger partial charge on any atom is -0.497 e. The Bertz CT molecular complexity index is 520. The summed E-state index contributed by atoms with van der Waals surface area (Å²) in [4.78, 5) is 25.9. The molecular weight excluding hydrogens is 310 g/mol. The molecule has 1 aliphatic rings. The van der Waals surface area contributed by atoms with Crippen LogP contribution in [0, 0.1) is 0 Å². The summed E-state index contributed by atoms with van der Waals surface area (Å²) < 4.78 is 5.08. The van der Waals surface area contributed by atoms with Gasteiger partial charge in [-0.15, -0.1) is 23.5 Å². The van der Waals surface area contributed by atoms with Crippen molar-refractivity contribution in [3.05, 3.63) is 24.3 Å². The lowest BCUT2D eigenvalue weighted by atomic mass is 10.3. The number of amides is 1. The maximum absolute atomic E-state index is 12.3. The summed E-state index contributed by atoms with van der Waals surface area (Å²) in [6, 6.07) is 6.72. The number of nitrogens with zero attached hydrogens (tertiary/aromatic N) is 1. The number of hydrogen-bond donors (Lipinski definition) is 1. The highest BCUT2D eigenvalue weighted by atomic mass is 32.2. The fraction of sp³-hybridized carbons (Fsp3) is 0.429. The highest BCUT2D eigenvalue weighted by molar-refractivity contribution is 8.00. The fourth-order valence-corrected chi connectivity index (χ4v) is 4.06. The number of aliphatic carboxylic acids is 1. The van der Waals surface area contributed by atoms with Gasteiger partial charge in [-0.1, -0.05) is 0 Å². The minimum absolute atomic E-state index is 0.0879. The summed E-state index contributed by atoms with van der Waals surface area (Å²) in [7, 11) is 1.60. The summed E-state index contributed by atoms with van der Waals surface area (Å²) in [5.41, 5.74) is 0. The zero-order chi connectivity index (χ0) is 15.4. The van der Waals surface area contributed by atoms with Gasteiger partial charge in [0.15, 0.2) is 0 Å². The number of methoxy groups -OCH3 is 1. The number of hydrogen-bond acceptors (Lipinski definition) is 5. The molecule has 114 valence electrons. The van der Waals surface area contributed by atoms with E-state index in [2.05, 4.69) is 0 Å². The Balaban J connectivity index is 1.95. The lowest BCUT2D eigenvalue weighted by molar-refractivity contribution is -0.147. The van der Waals surface area contributed by atoms with Crippen LogP contribution >= 0.6 is 23.5 Å². The van der Waals surface area contributed by atoms with E-state index in [1.54, 1.807) is 7.11 Å². The first-order valence-electron chi connectivity index (χ1n) is 6.45. The zero-order valence-corrected chi connectivity index (χ0v) is 13.4. The van der Waals surface area contributed by atoms with Crippen molar-refractivity contribution < 1.29 is 19.4 Å². The Hall–Kier alpha value is -1.34. The summed E-state index contributed by atoms with van der Waals surface area (Å²) in [5.74, 6) is 0.382. The van der Waals surface area contributed by atoms with Crippen LogP contribution in [0.25, 0.3) is 0 Å². The van der Waals surface area contributed by atoms with Gasteiger partial charge in [-0.05, 0) is 31.2 Å². The van der Waals surface area contributed by atoms with Gasteiger partial charge in [-0.2, -0.15) is 0 Å². The summed E-state index contributed by atoms with van der Waals surface area (Å²) in [6.07, 6.45) is 0. The molecule has 1 N–H and O–H groups in total. The lowest BCUT2D eigenvalue weighted by Crippen LogP contribution is -2.45. The quantitative estimate of drug-likeness (QED) is 0.836. The highest BCUT2D eigenvalue weighted by Crippen LogP contribution is 2.30. The van der Waals surface area contributed by atoms with E-state index in [0.717, 1.165) is 10.6 Å². The van der Waals surface area contributed by atoms with Gasteiger partial charge in [0.2, 0.25) is 5.91 Å². The first-order valence-corrected chi connectivity index (χ1v) is 8.48. The van der Waals surface area contributed by atoms with Crippen molar-refractivity contribution in [1.82, 2.24) is 4.90 Å². The molecular formula is C14H17NO4S2. The SMILES string of the molecule is COc1ccc(SCC(=O)N2C(C)SCC2C(=O)O)cc1. The summed E-state index contributed by atoms with van der Waals surface area (Å²) in [6.45, 7) is 1.86. The Morgan fingerprint density at radius 2 is 2.10 bits per heavy atom. The van der Waals surface area contributed by atoms with E-state index in [9.17, 15) is 9.59 Å². The van der Waals surface area contributed by atoms with E-state index in [0.29, 0.717) is 5.75 Å². The molecule has 1 heterocycles. The van der Waals surface area contributed by atoms with Crippen molar-refractivity contribution in [2.75, 3.05) is 18.6 Å². The van der Waals surface area contributed by atoms with Crippen LogP contribution < -0.4 is 4.74 Å². The Kier molecular flexibility index (Phi) is 5.41. The van der Waals surface area contributed by atoms with Gasteiger partial charge in [0.25, 0.3) is 0 Å². The molecule has 1 saturated heterocycles. The molecule has 7 heteroatoms. The van der Waals surface area contributed by atoms with Crippen molar-refractivity contribution >= 4 is 35.4 Å². The van der Waals surface area contributed by atoms with Crippen LogP contribution in [0.4, 0.5) is 0 Å². The third-order valence-electron chi connectivity index (χ3n) is 3.22. The molecule has 1 aliphatic heterocycles. The minimum atomic E-state index is -0.936. The number of rotatable bonds is 5. The van der Waals surface area contributed by atoms with E-state index in [1.165, 1.54) is 28.4 Å². The molecule has 1 fully saturated rings. The van der Waals surface area contributed by atoms with Crippen molar-refractivity contribution in [2.24, 2.45) is 0 Å². The molecule has 2 rings (SSSR count). The highest BCUT2D eigenvalue weighted by Gasteiger charge is 2.39. The van der Waals surface area contributed by atoms with Crippen LogP contribution in [0.5, 0.6) is 5.75 Å². The molecule has 0 aromatic heterocycles. The Morgan fingerprint density at radius 3 is 2.67 bits per heavy atom. The topological polar surface area (TPSA) is 66.8 Å². The summed E-state index contributed by atoms with van der Waals surface area (Å²) >= 11 is 2.90. The molecule has 0 aliphatic carbocycles. The van der Waals surface area contributed by atoms with E-state index in [1.807, 2.05) is 31.2 Å². The largest absolute Gasteiger partial charge is 0.497 e. The maximum Gasteiger partial charge on any atom is 0.327 e. The second-order valence-electron chi connectivity index (χ2n) is 4.55. The van der Waals surface area contributed by atoms with Gasteiger partial charge in [-0.3, -0.25) is 4.79 Å². The number of carbonyl (C=O) groups excluding carboxylic acids is 1. The van der Waals surface area contributed by atoms with Gasteiger partial charge in [-0.25, -0.2) is 4.79 Å².